The molecule has 2 fully saturated rings. The third-order valence-electron chi connectivity index (χ3n) is 3.85. The van der Waals surface area contributed by atoms with E-state index in [0.29, 0.717) is 25.6 Å². The molecule has 120 valence electrons. The summed E-state index contributed by atoms with van der Waals surface area (Å²) in [6.07, 6.45) is 0.896. The second kappa shape index (κ2) is 7.38. The summed E-state index contributed by atoms with van der Waals surface area (Å²) in [5.74, 6) is 0.368. The van der Waals surface area contributed by atoms with Gasteiger partial charge in [0.1, 0.15) is 0 Å². The molecule has 2 rings (SSSR count). The van der Waals surface area contributed by atoms with Crippen molar-refractivity contribution in [1.82, 2.24) is 14.3 Å². The Morgan fingerprint density at radius 1 is 1.20 bits per heavy atom. The van der Waals surface area contributed by atoms with Crippen molar-refractivity contribution in [2.24, 2.45) is 5.92 Å². The average molecular weight is 328 g/mol. The van der Waals surface area contributed by atoms with Crippen molar-refractivity contribution in [3.8, 4) is 0 Å². The van der Waals surface area contributed by atoms with Crippen LogP contribution in [0.3, 0.4) is 0 Å². The van der Waals surface area contributed by atoms with Crippen LogP contribution in [0.2, 0.25) is 0 Å². The molecule has 0 aromatic carbocycles. The molecule has 0 spiro atoms. The number of hydrogen-bond donors (Lipinski definition) is 2. The standard InChI is InChI=1S/C12H25N3O3S.ClH/c1-9-4-5-13-6-12(9)14-19(16,17)15-7-10(2)18-11(3)8-15;/h9-14H,4-8H2,1-3H3;1H. The highest BCUT2D eigenvalue weighted by atomic mass is 35.5. The average Bonchev–Trinajstić information content (AvgIpc) is 2.31. The molecule has 2 heterocycles. The first-order valence-electron chi connectivity index (χ1n) is 7.02. The number of morpholine rings is 1. The van der Waals surface area contributed by atoms with Gasteiger partial charge in [-0.3, -0.25) is 0 Å². The van der Waals surface area contributed by atoms with Crippen molar-refractivity contribution in [2.45, 2.75) is 45.4 Å². The largest absolute Gasteiger partial charge is 0.373 e. The maximum Gasteiger partial charge on any atom is 0.279 e. The molecule has 2 saturated heterocycles. The van der Waals surface area contributed by atoms with E-state index in [9.17, 15) is 8.42 Å². The van der Waals surface area contributed by atoms with Crippen molar-refractivity contribution in [1.29, 1.82) is 0 Å². The first kappa shape index (κ1) is 18.1. The van der Waals surface area contributed by atoms with Gasteiger partial charge in [0.15, 0.2) is 0 Å². The van der Waals surface area contributed by atoms with Gasteiger partial charge in [0.25, 0.3) is 10.2 Å². The number of nitrogens with one attached hydrogen (secondary N) is 2. The van der Waals surface area contributed by atoms with Gasteiger partial charge in [0, 0.05) is 25.7 Å². The van der Waals surface area contributed by atoms with Crippen LogP contribution in [0.5, 0.6) is 0 Å². The highest BCUT2D eigenvalue weighted by molar-refractivity contribution is 7.87. The molecule has 0 saturated carbocycles. The van der Waals surface area contributed by atoms with Gasteiger partial charge >= 0.3 is 0 Å². The lowest BCUT2D eigenvalue weighted by Gasteiger charge is -2.37. The molecule has 2 aliphatic heterocycles. The molecule has 2 aliphatic rings. The normalized spacial score (nSPS) is 36.4. The second-order valence-electron chi connectivity index (χ2n) is 5.77. The molecule has 0 aromatic heterocycles. The zero-order valence-electron chi connectivity index (χ0n) is 12.3. The SMILES string of the molecule is CC1CN(S(=O)(=O)NC2CNCCC2C)CC(C)O1.Cl. The molecule has 0 radical (unpaired) electrons. The third kappa shape index (κ3) is 4.54. The van der Waals surface area contributed by atoms with Crippen LogP contribution >= 0.6 is 12.4 Å². The molecule has 4 unspecified atom stereocenters. The number of ether oxygens (including phenoxy) is 1. The molecule has 2 N–H and O–H groups in total. The molecular weight excluding hydrogens is 302 g/mol. The minimum absolute atomic E-state index is 0. The predicted molar refractivity (Wildman–Crippen MR) is 81.3 cm³/mol. The lowest BCUT2D eigenvalue weighted by atomic mass is 9.96. The van der Waals surface area contributed by atoms with E-state index in [4.69, 9.17) is 4.74 Å². The van der Waals surface area contributed by atoms with Gasteiger partial charge in [-0.15, -0.1) is 12.4 Å². The van der Waals surface area contributed by atoms with Gasteiger partial charge in [-0.2, -0.15) is 17.4 Å². The first-order valence-corrected chi connectivity index (χ1v) is 8.46. The van der Waals surface area contributed by atoms with Gasteiger partial charge in [-0.05, 0) is 32.7 Å². The molecule has 0 amide bonds. The van der Waals surface area contributed by atoms with Crippen LogP contribution in [-0.4, -0.2) is 57.2 Å². The molecule has 0 aliphatic carbocycles. The monoisotopic (exact) mass is 327 g/mol. The minimum atomic E-state index is -3.42. The molecule has 8 heteroatoms. The van der Waals surface area contributed by atoms with Crippen molar-refractivity contribution < 1.29 is 13.2 Å². The van der Waals surface area contributed by atoms with E-state index in [-0.39, 0.29) is 30.7 Å². The van der Waals surface area contributed by atoms with Crippen LogP contribution in [0.15, 0.2) is 0 Å². The van der Waals surface area contributed by atoms with Crippen LogP contribution in [0.1, 0.15) is 27.2 Å². The Bertz CT molecular complexity index is 397. The summed E-state index contributed by atoms with van der Waals surface area (Å²) in [5.41, 5.74) is 0. The van der Waals surface area contributed by atoms with E-state index < -0.39 is 10.2 Å². The van der Waals surface area contributed by atoms with Gasteiger partial charge in [0.05, 0.1) is 12.2 Å². The van der Waals surface area contributed by atoms with Crippen LogP contribution in [-0.2, 0) is 14.9 Å². The molecule has 0 bridgehead atoms. The summed E-state index contributed by atoms with van der Waals surface area (Å²) in [6.45, 7) is 8.42. The van der Waals surface area contributed by atoms with E-state index in [1.807, 2.05) is 13.8 Å². The Morgan fingerprint density at radius 3 is 2.35 bits per heavy atom. The molecule has 4 atom stereocenters. The first-order chi connectivity index (χ1) is 8.88. The quantitative estimate of drug-likeness (QED) is 0.784. The van der Waals surface area contributed by atoms with Gasteiger partial charge in [0.2, 0.25) is 0 Å². The van der Waals surface area contributed by atoms with Crippen molar-refractivity contribution in [3.05, 3.63) is 0 Å². The fourth-order valence-electron chi connectivity index (χ4n) is 2.74. The Morgan fingerprint density at radius 2 is 1.80 bits per heavy atom. The van der Waals surface area contributed by atoms with Gasteiger partial charge < -0.3 is 10.1 Å². The summed E-state index contributed by atoms with van der Waals surface area (Å²) >= 11 is 0. The number of nitrogens with zero attached hydrogens (tertiary/aromatic N) is 1. The van der Waals surface area contributed by atoms with Gasteiger partial charge in [-0.1, -0.05) is 6.92 Å². The van der Waals surface area contributed by atoms with Crippen LogP contribution < -0.4 is 10.0 Å². The third-order valence-corrected chi connectivity index (χ3v) is 5.43. The Balaban J connectivity index is 0.00000200. The van der Waals surface area contributed by atoms with E-state index in [1.165, 1.54) is 4.31 Å². The van der Waals surface area contributed by atoms with Gasteiger partial charge in [-0.25, -0.2) is 0 Å². The Labute approximate surface area is 128 Å². The number of halogens is 1. The fourth-order valence-corrected chi connectivity index (χ4v) is 4.40. The summed E-state index contributed by atoms with van der Waals surface area (Å²) in [4.78, 5) is 0. The molecular formula is C12H26ClN3O3S. The lowest BCUT2D eigenvalue weighted by molar-refractivity contribution is -0.0445. The minimum Gasteiger partial charge on any atom is -0.373 e. The summed E-state index contributed by atoms with van der Waals surface area (Å²) in [6, 6.07) is -0.0211. The van der Waals surface area contributed by atoms with Crippen molar-refractivity contribution >= 4 is 22.6 Å². The van der Waals surface area contributed by atoms with E-state index in [0.717, 1.165) is 13.0 Å². The molecule has 20 heavy (non-hydrogen) atoms. The highest BCUT2D eigenvalue weighted by Gasteiger charge is 2.34. The molecule has 0 aromatic rings. The van der Waals surface area contributed by atoms with Crippen molar-refractivity contribution in [2.75, 3.05) is 26.2 Å². The maximum absolute atomic E-state index is 12.4. The fraction of sp³-hybridized carbons (Fsp3) is 1.00. The molecule has 6 nitrogen and oxygen atoms in total. The van der Waals surface area contributed by atoms with Crippen LogP contribution in [0.4, 0.5) is 0 Å². The summed E-state index contributed by atoms with van der Waals surface area (Å²) < 4.78 is 34.8. The van der Waals surface area contributed by atoms with E-state index in [1.54, 1.807) is 0 Å². The Kier molecular flexibility index (Phi) is 6.69. The number of rotatable bonds is 3. The van der Waals surface area contributed by atoms with E-state index in [2.05, 4.69) is 17.0 Å². The second-order valence-corrected chi connectivity index (χ2v) is 7.48. The number of hydrogen-bond acceptors (Lipinski definition) is 4. The van der Waals surface area contributed by atoms with Crippen molar-refractivity contribution in [3.63, 3.8) is 0 Å². The highest BCUT2D eigenvalue weighted by Crippen LogP contribution is 2.17. The summed E-state index contributed by atoms with van der Waals surface area (Å²) in [5, 5.41) is 3.24. The van der Waals surface area contributed by atoms with E-state index >= 15 is 0 Å². The summed E-state index contributed by atoms with van der Waals surface area (Å²) in [7, 11) is -3.42. The lowest BCUT2D eigenvalue weighted by Crippen LogP contribution is -2.57. The smallest absolute Gasteiger partial charge is 0.279 e. The topological polar surface area (TPSA) is 70.7 Å². The predicted octanol–water partition coefficient (Wildman–Crippen LogP) is 0.350. The van der Waals surface area contributed by atoms with Crippen LogP contribution in [0.25, 0.3) is 0 Å². The maximum atomic E-state index is 12.4. The number of piperidine rings is 1. The Hall–Kier alpha value is 0.0800. The zero-order valence-corrected chi connectivity index (χ0v) is 14.0. The van der Waals surface area contributed by atoms with Crippen LogP contribution in [0, 0.1) is 5.92 Å². The zero-order chi connectivity index (χ0) is 14.0.